The molecule has 4 heteroatoms. The molecule has 1 aromatic rings. The third-order valence-corrected chi connectivity index (χ3v) is 3.85. The van der Waals surface area contributed by atoms with Gasteiger partial charge in [0, 0.05) is 26.2 Å². The molecule has 0 saturated carbocycles. The molecule has 2 N–H and O–H groups in total. The van der Waals surface area contributed by atoms with Crippen molar-refractivity contribution in [2.24, 2.45) is 5.73 Å². The van der Waals surface area contributed by atoms with E-state index in [-0.39, 0.29) is 6.10 Å². The van der Waals surface area contributed by atoms with Crippen LogP contribution in [0.4, 0.5) is 0 Å². The molecule has 0 aromatic heterocycles. The summed E-state index contributed by atoms with van der Waals surface area (Å²) in [5, 5.41) is 9.46. The topological polar surface area (TPSA) is 62.3 Å². The number of ether oxygens (including phenoxy) is 1. The Morgan fingerprint density at radius 1 is 1.45 bits per heavy atom. The Labute approximate surface area is 121 Å². The Balaban J connectivity index is 1.98. The molecule has 1 aromatic carbocycles. The summed E-state index contributed by atoms with van der Waals surface area (Å²) < 4.78 is 5.64. The molecule has 108 valence electrons. The fourth-order valence-electron chi connectivity index (χ4n) is 2.62. The Hall–Kier alpha value is -1.41. The highest BCUT2D eigenvalue weighted by molar-refractivity contribution is 5.30. The van der Waals surface area contributed by atoms with Gasteiger partial charge in [-0.3, -0.25) is 0 Å². The molecule has 1 heterocycles. The molecule has 20 heavy (non-hydrogen) atoms. The highest BCUT2D eigenvalue weighted by Crippen LogP contribution is 2.22. The number of hydrogen-bond donors (Lipinski definition) is 1. The average Bonchev–Trinajstić information content (AvgIpc) is 2.70. The summed E-state index contributed by atoms with van der Waals surface area (Å²) in [6, 6.07) is 11.9. The van der Waals surface area contributed by atoms with Crippen molar-refractivity contribution in [3.05, 3.63) is 35.9 Å². The van der Waals surface area contributed by atoms with Crippen LogP contribution in [0.1, 0.15) is 25.3 Å². The van der Waals surface area contributed by atoms with E-state index in [1.165, 1.54) is 0 Å². The lowest BCUT2D eigenvalue weighted by Crippen LogP contribution is -2.40. The van der Waals surface area contributed by atoms with E-state index in [0.29, 0.717) is 6.42 Å². The van der Waals surface area contributed by atoms with E-state index in [2.05, 4.69) is 17.9 Å². The lowest BCUT2D eigenvalue weighted by Gasteiger charge is -2.27. The Morgan fingerprint density at radius 2 is 2.20 bits per heavy atom. The molecule has 0 bridgehead atoms. The van der Waals surface area contributed by atoms with Crippen LogP contribution in [-0.4, -0.2) is 37.2 Å². The molecule has 2 rings (SSSR count). The van der Waals surface area contributed by atoms with Gasteiger partial charge >= 0.3 is 0 Å². The second-order valence-electron chi connectivity index (χ2n) is 5.53. The largest absolute Gasteiger partial charge is 0.377 e. The monoisotopic (exact) mass is 273 g/mol. The molecule has 2 unspecified atom stereocenters. The summed E-state index contributed by atoms with van der Waals surface area (Å²) in [6.45, 7) is 5.67. The van der Waals surface area contributed by atoms with Crippen molar-refractivity contribution in [1.82, 2.24) is 4.90 Å². The van der Waals surface area contributed by atoms with Crippen molar-refractivity contribution < 1.29 is 4.74 Å². The molecular formula is C16H23N3O. The zero-order valence-electron chi connectivity index (χ0n) is 12.1. The normalized spacial score (nSPS) is 23.6. The zero-order chi connectivity index (χ0) is 14.4. The van der Waals surface area contributed by atoms with Crippen LogP contribution in [0.15, 0.2) is 30.3 Å². The number of nitrogens with two attached hydrogens (primary N) is 1. The predicted octanol–water partition coefficient (Wildman–Crippen LogP) is 1.87. The Bertz CT molecular complexity index is 457. The molecular weight excluding hydrogens is 250 g/mol. The third-order valence-electron chi connectivity index (χ3n) is 3.85. The second-order valence-corrected chi connectivity index (χ2v) is 5.53. The number of nitrogens with zero attached hydrogens (tertiary/aromatic N) is 2. The fourth-order valence-corrected chi connectivity index (χ4v) is 2.62. The standard InChI is InChI=1S/C16H23N3O/c1-14-12-19(9-5-11-20-14)10-8-16(18,13-17)15-6-3-2-4-7-15/h2-4,6-7,14H,5,8-12,18H2,1H3. The molecule has 1 saturated heterocycles. The maximum atomic E-state index is 9.46. The van der Waals surface area contributed by atoms with E-state index in [1.54, 1.807) is 0 Å². The molecule has 1 aliphatic rings. The van der Waals surface area contributed by atoms with Crippen molar-refractivity contribution in [2.75, 3.05) is 26.2 Å². The first-order valence-electron chi connectivity index (χ1n) is 7.24. The highest BCUT2D eigenvalue weighted by atomic mass is 16.5. The molecule has 2 atom stereocenters. The van der Waals surface area contributed by atoms with Gasteiger partial charge in [-0.2, -0.15) is 5.26 Å². The van der Waals surface area contributed by atoms with Crippen LogP contribution in [0, 0.1) is 11.3 Å². The Kier molecular flexibility index (Phi) is 5.13. The lowest BCUT2D eigenvalue weighted by molar-refractivity contribution is 0.0670. The van der Waals surface area contributed by atoms with Crippen molar-refractivity contribution in [3.63, 3.8) is 0 Å². The maximum Gasteiger partial charge on any atom is 0.131 e. The van der Waals surface area contributed by atoms with Gasteiger partial charge in [-0.05, 0) is 25.3 Å². The van der Waals surface area contributed by atoms with Crippen LogP contribution in [-0.2, 0) is 10.3 Å². The summed E-state index contributed by atoms with van der Waals surface area (Å²) in [7, 11) is 0. The predicted molar refractivity (Wildman–Crippen MR) is 79.0 cm³/mol. The van der Waals surface area contributed by atoms with Crippen molar-refractivity contribution in [3.8, 4) is 6.07 Å². The number of nitriles is 1. The summed E-state index contributed by atoms with van der Waals surface area (Å²) in [6.07, 6.45) is 1.93. The summed E-state index contributed by atoms with van der Waals surface area (Å²) in [4.78, 5) is 2.35. The average molecular weight is 273 g/mol. The van der Waals surface area contributed by atoms with Crippen LogP contribution in [0.25, 0.3) is 0 Å². The minimum atomic E-state index is -0.905. The second kappa shape index (κ2) is 6.85. The van der Waals surface area contributed by atoms with Gasteiger partial charge in [-0.15, -0.1) is 0 Å². The smallest absolute Gasteiger partial charge is 0.131 e. The van der Waals surface area contributed by atoms with E-state index >= 15 is 0 Å². The Morgan fingerprint density at radius 3 is 2.90 bits per heavy atom. The van der Waals surface area contributed by atoms with Gasteiger partial charge < -0.3 is 15.4 Å². The summed E-state index contributed by atoms with van der Waals surface area (Å²) in [5.41, 5.74) is 6.28. The van der Waals surface area contributed by atoms with Crippen molar-refractivity contribution >= 4 is 0 Å². The van der Waals surface area contributed by atoms with Gasteiger partial charge in [-0.25, -0.2) is 0 Å². The summed E-state index contributed by atoms with van der Waals surface area (Å²) in [5.74, 6) is 0. The van der Waals surface area contributed by atoms with Crippen molar-refractivity contribution in [1.29, 1.82) is 5.26 Å². The van der Waals surface area contributed by atoms with Gasteiger partial charge in [0.2, 0.25) is 0 Å². The zero-order valence-corrected chi connectivity index (χ0v) is 12.1. The molecule has 4 nitrogen and oxygen atoms in total. The van der Waals surface area contributed by atoms with Gasteiger partial charge in [0.05, 0.1) is 12.2 Å². The number of hydrogen-bond acceptors (Lipinski definition) is 4. The van der Waals surface area contributed by atoms with E-state index in [9.17, 15) is 5.26 Å². The summed E-state index contributed by atoms with van der Waals surface area (Å²) >= 11 is 0. The highest BCUT2D eigenvalue weighted by Gasteiger charge is 2.28. The molecule has 1 fully saturated rings. The van der Waals surface area contributed by atoms with E-state index < -0.39 is 5.54 Å². The van der Waals surface area contributed by atoms with Crippen LogP contribution >= 0.6 is 0 Å². The van der Waals surface area contributed by atoms with Crippen LogP contribution in [0.5, 0.6) is 0 Å². The van der Waals surface area contributed by atoms with Gasteiger partial charge in [0.1, 0.15) is 5.54 Å². The molecule has 1 aliphatic heterocycles. The van der Waals surface area contributed by atoms with E-state index in [0.717, 1.165) is 38.2 Å². The van der Waals surface area contributed by atoms with Gasteiger partial charge in [0.15, 0.2) is 0 Å². The van der Waals surface area contributed by atoms with Crippen LogP contribution in [0.3, 0.4) is 0 Å². The molecule has 0 aliphatic carbocycles. The first kappa shape index (κ1) is 15.0. The minimum Gasteiger partial charge on any atom is -0.377 e. The van der Waals surface area contributed by atoms with Crippen LogP contribution in [0.2, 0.25) is 0 Å². The lowest BCUT2D eigenvalue weighted by atomic mass is 9.89. The quantitative estimate of drug-likeness (QED) is 0.909. The van der Waals surface area contributed by atoms with E-state index in [4.69, 9.17) is 10.5 Å². The number of rotatable bonds is 4. The first-order valence-corrected chi connectivity index (χ1v) is 7.24. The fraction of sp³-hybridized carbons (Fsp3) is 0.562. The maximum absolute atomic E-state index is 9.46. The molecule has 0 radical (unpaired) electrons. The van der Waals surface area contributed by atoms with Gasteiger partial charge in [0.25, 0.3) is 0 Å². The SMILES string of the molecule is CC1CN(CCC(N)(C#N)c2ccccc2)CCCO1. The van der Waals surface area contributed by atoms with Crippen molar-refractivity contribution in [2.45, 2.75) is 31.4 Å². The molecule has 0 spiro atoms. The number of benzene rings is 1. The first-order chi connectivity index (χ1) is 9.64. The minimum absolute atomic E-state index is 0.253. The van der Waals surface area contributed by atoms with Crippen LogP contribution < -0.4 is 5.73 Å². The molecule has 0 amide bonds. The van der Waals surface area contributed by atoms with Gasteiger partial charge in [-0.1, -0.05) is 30.3 Å². The van der Waals surface area contributed by atoms with E-state index in [1.807, 2.05) is 30.3 Å². The third kappa shape index (κ3) is 3.80.